The maximum absolute atomic E-state index is 4.59. The average Bonchev–Trinajstić information content (AvgIpc) is 2.95. The Hall–Kier alpha value is -3.05. The lowest BCUT2D eigenvalue weighted by molar-refractivity contribution is 0.226. The van der Waals surface area contributed by atoms with Crippen molar-refractivity contribution in [2.45, 2.75) is 54.0 Å². The highest BCUT2D eigenvalue weighted by Crippen LogP contribution is 2.22. The normalized spacial score (nSPS) is 13.2. The van der Waals surface area contributed by atoms with Crippen LogP contribution >= 0.6 is 0 Å². The summed E-state index contributed by atoms with van der Waals surface area (Å²) in [6.45, 7) is 24.3. The molecule has 1 saturated heterocycles. The number of rotatable bonds is 9. The van der Waals surface area contributed by atoms with E-state index in [9.17, 15) is 0 Å². The predicted molar refractivity (Wildman–Crippen MR) is 163 cm³/mol. The van der Waals surface area contributed by atoms with Crippen LogP contribution in [0.3, 0.4) is 0 Å². The second-order valence-corrected chi connectivity index (χ2v) is 8.06. The SMILES string of the molecule is C=C.C=C(NC)c1ccc(NCc2ccc(NCC3CCN(C)CC3)nc2)cc1/C=C\C.CC.CC. The van der Waals surface area contributed by atoms with Crippen LogP contribution in [0.4, 0.5) is 11.5 Å². The highest BCUT2D eigenvalue weighted by molar-refractivity contribution is 5.74. The third-order valence-electron chi connectivity index (χ3n) is 5.76. The van der Waals surface area contributed by atoms with E-state index in [4.69, 9.17) is 0 Å². The van der Waals surface area contributed by atoms with Crippen molar-refractivity contribution in [1.29, 1.82) is 0 Å². The fraction of sp³-hybridized carbons (Fsp3) is 0.452. The van der Waals surface area contributed by atoms with Gasteiger partial charge < -0.3 is 20.9 Å². The van der Waals surface area contributed by atoms with Crippen molar-refractivity contribution in [1.82, 2.24) is 15.2 Å². The molecule has 200 valence electrons. The molecule has 5 heteroatoms. The zero-order chi connectivity index (χ0) is 27.3. The fourth-order valence-corrected chi connectivity index (χ4v) is 3.75. The van der Waals surface area contributed by atoms with Gasteiger partial charge in [-0.1, -0.05) is 58.6 Å². The molecule has 1 aromatic carbocycles. The Morgan fingerprint density at radius 2 is 1.72 bits per heavy atom. The van der Waals surface area contributed by atoms with Gasteiger partial charge in [-0.3, -0.25) is 0 Å². The summed E-state index contributed by atoms with van der Waals surface area (Å²) in [6, 6.07) is 10.6. The molecular weight excluding hydrogens is 442 g/mol. The van der Waals surface area contributed by atoms with Crippen LogP contribution in [0.15, 0.2) is 62.3 Å². The Bertz CT molecular complexity index is 865. The molecule has 36 heavy (non-hydrogen) atoms. The molecule has 0 aliphatic carbocycles. The van der Waals surface area contributed by atoms with Gasteiger partial charge in [0.15, 0.2) is 0 Å². The van der Waals surface area contributed by atoms with Crippen molar-refractivity contribution in [2.75, 3.05) is 44.4 Å². The molecule has 1 aromatic heterocycles. The number of pyridine rings is 1. The van der Waals surface area contributed by atoms with Gasteiger partial charge in [-0.2, -0.15) is 0 Å². The summed E-state index contributed by atoms with van der Waals surface area (Å²) in [7, 11) is 4.10. The van der Waals surface area contributed by atoms with Crippen LogP contribution in [-0.2, 0) is 6.54 Å². The van der Waals surface area contributed by atoms with Crippen LogP contribution < -0.4 is 16.0 Å². The number of hydrogen-bond acceptors (Lipinski definition) is 5. The lowest BCUT2D eigenvalue weighted by Crippen LogP contribution is -2.33. The zero-order valence-electron chi connectivity index (χ0n) is 24.0. The number of benzene rings is 1. The number of aromatic nitrogens is 1. The molecule has 5 nitrogen and oxygen atoms in total. The molecule has 0 radical (unpaired) electrons. The first kappa shape index (κ1) is 33.0. The Morgan fingerprint density at radius 1 is 1.06 bits per heavy atom. The molecule has 3 rings (SSSR count). The first-order chi connectivity index (χ1) is 17.6. The van der Waals surface area contributed by atoms with E-state index < -0.39 is 0 Å². The molecule has 3 N–H and O–H groups in total. The number of likely N-dealkylation sites (tertiary alicyclic amines) is 1. The summed E-state index contributed by atoms with van der Waals surface area (Å²) >= 11 is 0. The second kappa shape index (κ2) is 20.2. The minimum absolute atomic E-state index is 0.740. The number of anilines is 2. The number of nitrogens with zero attached hydrogens (tertiary/aromatic N) is 2. The average molecular weight is 494 g/mol. The molecular formula is C31H51N5. The molecule has 1 fully saturated rings. The summed E-state index contributed by atoms with van der Waals surface area (Å²) in [4.78, 5) is 7.00. The molecule has 2 aromatic rings. The Morgan fingerprint density at radius 3 is 2.28 bits per heavy atom. The highest BCUT2D eigenvalue weighted by Gasteiger charge is 2.16. The predicted octanol–water partition coefficient (Wildman–Crippen LogP) is 7.53. The lowest BCUT2D eigenvalue weighted by atomic mass is 9.97. The maximum atomic E-state index is 4.59. The van der Waals surface area contributed by atoms with Crippen LogP contribution in [0.25, 0.3) is 11.8 Å². The molecule has 0 bridgehead atoms. The van der Waals surface area contributed by atoms with E-state index in [0.717, 1.165) is 52.9 Å². The topological polar surface area (TPSA) is 52.2 Å². The summed E-state index contributed by atoms with van der Waals surface area (Å²) in [5.74, 6) is 1.71. The fourth-order valence-electron chi connectivity index (χ4n) is 3.75. The number of nitrogens with one attached hydrogen (secondary N) is 3. The van der Waals surface area contributed by atoms with Crippen molar-refractivity contribution in [2.24, 2.45) is 5.92 Å². The Labute approximate surface area is 221 Å². The van der Waals surface area contributed by atoms with Crippen LogP contribution in [0.5, 0.6) is 0 Å². The largest absolute Gasteiger partial charge is 0.388 e. The molecule has 0 unspecified atom stereocenters. The van der Waals surface area contributed by atoms with E-state index in [0.29, 0.717) is 0 Å². The first-order valence-corrected chi connectivity index (χ1v) is 13.3. The van der Waals surface area contributed by atoms with Crippen molar-refractivity contribution >= 4 is 23.3 Å². The highest BCUT2D eigenvalue weighted by atomic mass is 15.1. The first-order valence-electron chi connectivity index (χ1n) is 13.3. The summed E-state index contributed by atoms with van der Waals surface area (Å²) in [5, 5.41) is 10.1. The van der Waals surface area contributed by atoms with Crippen molar-refractivity contribution < 1.29 is 0 Å². The monoisotopic (exact) mass is 493 g/mol. The van der Waals surface area contributed by atoms with Crippen LogP contribution in [0.1, 0.15) is 64.2 Å². The van der Waals surface area contributed by atoms with Gasteiger partial charge in [0.2, 0.25) is 0 Å². The number of allylic oxidation sites excluding steroid dienone is 1. The van der Waals surface area contributed by atoms with E-state index >= 15 is 0 Å². The Kier molecular flexibility index (Phi) is 18.5. The van der Waals surface area contributed by atoms with Crippen LogP contribution in [0, 0.1) is 5.92 Å². The zero-order valence-corrected chi connectivity index (χ0v) is 24.0. The second-order valence-electron chi connectivity index (χ2n) is 8.06. The molecule has 2 heterocycles. The van der Waals surface area contributed by atoms with Gasteiger partial charge in [-0.15, -0.1) is 13.2 Å². The molecule has 1 aliphatic heterocycles. The van der Waals surface area contributed by atoms with Crippen molar-refractivity contribution in [3.63, 3.8) is 0 Å². The van der Waals surface area contributed by atoms with E-state index in [2.05, 4.69) is 89.0 Å². The van der Waals surface area contributed by atoms with E-state index in [1.165, 1.54) is 25.9 Å². The minimum atomic E-state index is 0.740. The van der Waals surface area contributed by atoms with E-state index in [1.54, 1.807) is 0 Å². The quantitative estimate of drug-likeness (QED) is 0.315. The van der Waals surface area contributed by atoms with Gasteiger partial charge in [-0.25, -0.2) is 4.98 Å². The summed E-state index contributed by atoms with van der Waals surface area (Å²) in [5.41, 5.74) is 5.43. The smallest absolute Gasteiger partial charge is 0.125 e. The molecule has 0 spiro atoms. The lowest BCUT2D eigenvalue weighted by Gasteiger charge is -2.29. The van der Waals surface area contributed by atoms with Gasteiger partial charge in [-0.05, 0) is 75.1 Å². The van der Waals surface area contributed by atoms with E-state index in [-0.39, 0.29) is 0 Å². The molecule has 0 atom stereocenters. The molecule has 0 saturated carbocycles. The molecule has 1 aliphatic rings. The third kappa shape index (κ3) is 11.6. The van der Waals surface area contributed by atoms with Crippen molar-refractivity contribution in [3.05, 3.63) is 79.0 Å². The van der Waals surface area contributed by atoms with Crippen LogP contribution in [-0.4, -0.2) is 43.6 Å². The number of hydrogen-bond donors (Lipinski definition) is 3. The number of piperidine rings is 1. The molecule has 0 amide bonds. The standard InChI is InChI=1S/C25H35N5.2C2H6.C2H4/c1-5-6-22-15-23(8-9-24(22)19(2)26-3)27-17-21-7-10-25(29-18-21)28-16-20-11-13-30(4)14-12-20;3*1-2/h5-10,15,18,20,26-27H,2,11-14,16-17H2,1,3-4H3,(H,28,29);2*1-2H3;1-2H2/b6-5-;;;. The van der Waals surface area contributed by atoms with Gasteiger partial charge in [0.1, 0.15) is 5.82 Å². The van der Waals surface area contributed by atoms with Gasteiger partial charge in [0.05, 0.1) is 0 Å². The maximum Gasteiger partial charge on any atom is 0.125 e. The van der Waals surface area contributed by atoms with Crippen molar-refractivity contribution in [3.8, 4) is 0 Å². The minimum Gasteiger partial charge on any atom is -0.388 e. The van der Waals surface area contributed by atoms with Gasteiger partial charge >= 0.3 is 0 Å². The third-order valence-corrected chi connectivity index (χ3v) is 5.76. The van der Waals surface area contributed by atoms with E-state index in [1.807, 2.05) is 53.9 Å². The van der Waals surface area contributed by atoms with Gasteiger partial charge in [0, 0.05) is 43.3 Å². The van der Waals surface area contributed by atoms with Crippen LogP contribution in [0.2, 0.25) is 0 Å². The van der Waals surface area contributed by atoms with Gasteiger partial charge in [0.25, 0.3) is 0 Å². The Balaban J connectivity index is 0.00000190. The summed E-state index contributed by atoms with van der Waals surface area (Å²) < 4.78 is 0. The summed E-state index contributed by atoms with van der Waals surface area (Å²) in [6.07, 6.45) is 8.64.